The number of benzene rings is 1. The van der Waals surface area contributed by atoms with Crippen molar-refractivity contribution in [3.63, 3.8) is 0 Å². The van der Waals surface area contributed by atoms with Gasteiger partial charge in [-0.1, -0.05) is 6.92 Å². The van der Waals surface area contributed by atoms with Crippen LogP contribution in [0.2, 0.25) is 0 Å². The zero-order chi connectivity index (χ0) is 11.3. The Morgan fingerprint density at radius 3 is 2.80 bits per heavy atom. The summed E-state index contributed by atoms with van der Waals surface area (Å²) in [5.41, 5.74) is 5.78. The van der Waals surface area contributed by atoms with Gasteiger partial charge in [-0.3, -0.25) is 0 Å². The topological polar surface area (TPSA) is 38.0 Å². The van der Waals surface area contributed by atoms with E-state index < -0.39 is 5.82 Å². The summed E-state index contributed by atoms with van der Waals surface area (Å²) in [6.45, 7) is 3.61. The Labute approximate surface area is 88.5 Å². The SMILES string of the molecule is CC(CN)CNCc1cc(F)ccc1F. The van der Waals surface area contributed by atoms with E-state index in [2.05, 4.69) is 5.32 Å². The first-order chi connectivity index (χ1) is 7.13. The predicted molar refractivity (Wildman–Crippen MR) is 56.3 cm³/mol. The van der Waals surface area contributed by atoms with Crippen molar-refractivity contribution in [2.75, 3.05) is 13.1 Å². The fraction of sp³-hybridized carbons (Fsp3) is 0.455. The smallest absolute Gasteiger partial charge is 0.127 e. The largest absolute Gasteiger partial charge is 0.330 e. The molecule has 2 nitrogen and oxygen atoms in total. The molecule has 4 heteroatoms. The number of rotatable bonds is 5. The second-order valence-electron chi connectivity index (χ2n) is 3.71. The molecule has 1 aromatic carbocycles. The first-order valence-corrected chi connectivity index (χ1v) is 4.98. The molecule has 0 saturated carbocycles. The van der Waals surface area contributed by atoms with E-state index in [0.717, 1.165) is 12.1 Å². The maximum atomic E-state index is 13.1. The van der Waals surface area contributed by atoms with Crippen molar-refractivity contribution in [3.05, 3.63) is 35.4 Å². The maximum absolute atomic E-state index is 13.1. The Balaban J connectivity index is 2.46. The van der Waals surface area contributed by atoms with Crippen LogP contribution >= 0.6 is 0 Å². The molecule has 3 N–H and O–H groups in total. The number of hydrogen-bond acceptors (Lipinski definition) is 2. The fourth-order valence-electron chi connectivity index (χ4n) is 1.22. The summed E-state index contributed by atoms with van der Waals surface area (Å²) >= 11 is 0. The molecule has 0 spiro atoms. The lowest BCUT2D eigenvalue weighted by molar-refractivity contribution is 0.508. The molecule has 84 valence electrons. The van der Waals surface area contributed by atoms with Crippen molar-refractivity contribution in [3.8, 4) is 0 Å². The molecule has 1 aromatic rings. The third-order valence-corrected chi connectivity index (χ3v) is 2.22. The number of hydrogen-bond donors (Lipinski definition) is 2. The third-order valence-electron chi connectivity index (χ3n) is 2.22. The second kappa shape index (κ2) is 5.78. The van der Waals surface area contributed by atoms with E-state index in [9.17, 15) is 8.78 Å². The van der Waals surface area contributed by atoms with Crippen LogP contribution in [0.4, 0.5) is 8.78 Å². The molecule has 0 bridgehead atoms. The predicted octanol–water partition coefficient (Wildman–Crippen LogP) is 1.65. The van der Waals surface area contributed by atoms with Gasteiger partial charge in [0.15, 0.2) is 0 Å². The third kappa shape index (κ3) is 3.93. The van der Waals surface area contributed by atoms with Gasteiger partial charge in [0.25, 0.3) is 0 Å². The van der Waals surface area contributed by atoms with Gasteiger partial charge in [-0.15, -0.1) is 0 Å². The van der Waals surface area contributed by atoms with E-state index in [-0.39, 0.29) is 5.82 Å². The molecular formula is C11H16F2N2. The minimum absolute atomic E-state index is 0.327. The van der Waals surface area contributed by atoms with Gasteiger partial charge in [0.05, 0.1) is 0 Å². The van der Waals surface area contributed by atoms with E-state index in [1.54, 1.807) is 0 Å². The van der Waals surface area contributed by atoms with Gasteiger partial charge in [0, 0.05) is 12.1 Å². The highest BCUT2D eigenvalue weighted by molar-refractivity contribution is 5.18. The zero-order valence-corrected chi connectivity index (χ0v) is 8.76. The Bertz CT molecular complexity index is 315. The molecule has 0 saturated heterocycles. The molecule has 0 aromatic heterocycles. The summed E-state index contributed by atoms with van der Waals surface area (Å²) in [6.07, 6.45) is 0. The molecule has 1 rings (SSSR count). The molecule has 0 amide bonds. The van der Waals surface area contributed by atoms with Crippen LogP contribution in [0.25, 0.3) is 0 Å². The summed E-state index contributed by atoms with van der Waals surface area (Å²) in [7, 11) is 0. The van der Waals surface area contributed by atoms with Crippen LogP contribution in [0.1, 0.15) is 12.5 Å². The van der Waals surface area contributed by atoms with E-state index in [4.69, 9.17) is 5.73 Å². The van der Waals surface area contributed by atoms with Crippen LogP contribution < -0.4 is 11.1 Å². The molecule has 0 aliphatic heterocycles. The van der Waals surface area contributed by atoms with Gasteiger partial charge < -0.3 is 11.1 Å². The summed E-state index contributed by atoms with van der Waals surface area (Å²) in [4.78, 5) is 0. The first-order valence-electron chi connectivity index (χ1n) is 4.98. The Hall–Kier alpha value is -1.00. The summed E-state index contributed by atoms with van der Waals surface area (Å²) in [5.74, 6) is -0.467. The van der Waals surface area contributed by atoms with Crippen molar-refractivity contribution < 1.29 is 8.78 Å². The summed E-state index contributed by atoms with van der Waals surface area (Å²) in [6, 6.07) is 3.45. The minimum atomic E-state index is -0.417. The van der Waals surface area contributed by atoms with Gasteiger partial charge in [0.1, 0.15) is 11.6 Å². The van der Waals surface area contributed by atoms with Crippen molar-refractivity contribution in [2.24, 2.45) is 11.7 Å². The van der Waals surface area contributed by atoms with Crippen molar-refractivity contribution in [1.29, 1.82) is 0 Å². The van der Waals surface area contributed by atoms with Gasteiger partial charge in [-0.25, -0.2) is 8.78 Å². The molecule has 0 radical (unpaired) electrons. The van der Waals surface area contributed by atoms with Gasteiger partial charge in [0.2, 0.25) is 0 Å². The van der Waals surface area contributed by atoms with Gasteiger partial charge >= 0.3 is 0 Å². The van der Waals surface area contributed by atoms with E-state index >= 15 is 0 Å². The van der Waals surface area contributed by atoms with Crippen molar-refractivity contribution in [1.82, 2.24) is 5.32 Å². The highest BCUT2D eigenvalue weighted by Crippen LogP contribution is 2.09. The Kier molecular flexibility index (Phi) is 4.65. The zero-order valence-electron chi connectivity index (χ0n) is 8.76. The number of halogens is 2. The number of nitrogens with two attached hydrogens (primary N) is 1. The highest BCUT2D eigenvalue weighted by Gasteiger charge is 2.04. The minimum Gasteiger partial charge on any atom is -0.330 e. The average Bonchev–Trinajstić information content (AvgIpc) is 2.23. The van der Waals surface area contributed by atoms with Gasteiger partial charge in [-0.05, 0) is 37.2 Å². The van der Waals surface area contributed by atoms with E-state index in [1.807, 2.05) is 6.92 Å². The molecule has 0 aliphatic rings. The van der Waals surface area contributed by atoms with Gasteiger partial charge in [-0.2, -0.15) is 0 Å². The lowest BCUT2D eigenvalue weighted by atomic mass is 10.1. The molecule has 0 heterocycles. The maximum Gasteiger partial charge on any atom is 0.127 e. The summed E-state index contributed by atoms with van der Waals surface area (Å²) in [5, 5.41) is 3.03. The highest BCUT2D eigenvalue weighted by atomic mass is 19.1. The van der Waals surface area contributed by atoms with Crippen LogP contribution in [-0.4, -0.2) is 13.1 Å². The number of nitrogens with one attached hydrogen (secondary N) is 1. The van der Waals surface area contributed by atoms with Crippen LogP contribution in [-0.2, 0) is 6.54 Å². The van der Waals surface area contributed by atoms with Crippen LogP contribution in [0, 0.1) is 17.6 Å². The molecule has 0 aliphatic carbocycles. The van der Waals surface area contributed by atoms with E-state index in [1.165, 1.54) is 6.07 Å². The van der Waals surface area contributed by atoms with Crippen LogP contribution in [0.3, 0.4) is 0 Å². The quantitative estimate of drug-likeness (QED) is 0.782. The normalized spacial score (nSPS) is 12.8. The molecule has 1 unspecified atom stereocenters. The fourth-order valence-corrected chi connectivity index (χ4v) is 1.22. The molecular weight excluding hydrogens is 198 g/mol. The van der Waals surface area contributed by atoms with Crippen molar-refractivity contribution in [2.45, 2.75) is 13.5 Å². The standard InChI is InChI=1S/C11H16F2N2/c1-8(5-14)6-15-7-9-4-10(12)2-3-11(9)13/h2-4,8,15H,5-7,14H2,1H3. The monoisotopic (exact) mass is 214 g/mol. The first kappa shape index (κ1) is 12.1. The molecule has 1 atom stereocenters. The van der Waals surface area contributed by atoms with E-state index in [0.29, 0.717) is 31.1 Å². The molecule has 15 heavy (non-hydrogen) atoms. The Morgan fingerprint density at radius 1 is 1.40 bits per heavy atom. The Morgan fingerprint density at radius 2 is 2.13 bits per heavy atom. The van der Waals surface area contributed by atoms with Crippen LogP contribution in [0.15, 0.2) is 18.2 Å². The summed E-state index contributed by atoms with van der Waals surface area (Å²) < 4.78 is 25.9. The lowest BCUT2D eigenvalue weighted by Gasteiger charge is -2.10. The van der Waals surface area contributed by atoms with Crippen molar-refractivity contribution >= 4 is 0 Å². The lowest BCUT2D eigenvalue weighted by Crippen LogP contribution is -2.26. The molecule has 0 fully saturated rings. The second-order valence-corrected chi connectivity index (χ2v) is 3.71. The average molecular weight is 214 g/mol. The van der Waals surface area contributed by atoms with Crippen LogP contribution in [0.5, 0.6) is 0 Å².